The van der Waals surface area contributed by atoms with Crippen LogP contribution in [0.4, 0.5) is 0 Å². The molecule has 0 aromatic carbocycles. The van der Waals surface area contributed by atoms with Gasteiger partial charge in [0.15, 0.2) is 0 Å². The van der Waals surface area contributed by atoms with E-state index in [1.807, 2.05) is 19.1 Å². The summed E-state index contributed by atoms with van der Waals surface area (Å²) in [6.45, 7) is 1.85. The van der Waals surface area contributed by atoms with Gasteiger partial charge in [0, 0.05) is 29.7 Å². The van der Waals surface area contributed by atoms with Gasteiger partial charge in [-0.2, -0.15) is 0 Å². The number of rotatable bonds is 4. The zero-order chi connectivity index (χ0) is 21.1. The van der Waals surface area contributed by atoms with Crippen LogP contribution in [0.1, 0.15) is 60.6 Å². The summed E-state index contributed by atoms with van der Waals surface area (Å²) in [5.41, 5.74) is 1.57. The molecule has 4 fully saturated rings. The second-order valence-electron chi connectivity index (χ2n) is 9.67. The standard InChI is InChI=1S/C23H24N6O2/c1-14-11-25-12-18(26-14)19(30)27-23-9-15-6-16(10-23)8-22(7-15,13-23)21-29-28-20(31-21)17-2-4-24-5-3-17/h2-5,11-12,15-16H,6-10,13H2,1H3,(H,27,30). The van der Waals surface area contributed by atoms with Gasteiger partial charge in [-0.15, -0.1) is 10.2 Å². The molecule has 0 spiro atoms. The van der Waals surface area contributed by atoms with Crippen LogP contribution < -0.4 is 5.32 Å². The summed E-state index contributed by atoms with van der Waals surface area (Å²) in [5, 5.41) is 12.2. The van der Waals surface area contributed by atoms with E-state index in [2.05, 4.69) is 30.5 Å². The van der Waals surface area contributed by atoms with E-state index >= 15 is 0 Å². The third-order valence-corrected chi connectivity index (χ3v) is 7.23. The van der Waals surface area contributed by atoms with Gasteiger partial charge in [-0.05, 0) is 69.4 Å². The van der Waals surface area contributed by atoms with Crippen molar-refractivity contribution in [2.24, 2.45) is 11.8 Å². The Morgan fingerprint density at radius 2 is 1.84 bits per heavy atom. The lowest BCUT2D eigenvalue weighted by Gasteiger charge is -2.60. The van der Waals surface area contributed by atoms with Gasteiger partial charge in [0.1, 0.15) is 5.69 Å². The van der Waals surface area contributed by atoms with Crippen molar-refractivity contribution < 1.29 is 9.21 Å². The Balaban J connectivity index is 1.31. The molecule has 4 aliphatic rings. The molecule has 3 heterocycles. The van der Waals surface area contributed by atoms with E-state index in [1.165, 1.54) is 12.6 Å². The van der Waals surface area contributed by atoms with E-state index in [1.54, 1.807) is 18.6 Å². The molecule has 0 radical (unpaired) electrons. The molecule has 1 N–H and O–H groups in total. The van der Waals surface area contributed by atoms with Crippen LogP contribution in [0.15, 0.2) is 41.3 Å². The third kappa shape index (κ3) is 3.12. The lowest BCUT2D eigenvalue weighted by molar-refractivity contribution is -0.0471. The summed E-state index contributed by atoms with van der Waals surface area (Å²) in [4.78, 5) is 25.6. The fourth-order valence-electron chi connectivity index (χ4n) is 6.59. The molecule has 4 aliphatic carbocycles. The number of hydrogen-bond donors (Lipinski definition) is 1. The van der Waals surface area contributed by atoms with Crippen molar-refractivity contribution >= 4 is 5.91 Å². The highest BCUT2D eigenvalue weighted by molar-refractivity contribution is 5.92. The van der Waals surface area contributed by atoms with Crippen LogP contribution in [0.5, 0.6) is 0 Å². The molecule has 8 heteroatoms. The van der Waals surface area contributed by atoms with Gasteiger partial charge < -0.3 is 9.73 Å². The molecule has 31 heavy (non-hydrogen) atoms. The monoisotopic (exact) mass is 416 g/mol. The molecule has 4 bridgehead atoms. The number of carbonyl (C=O) groups excluding carboxylic acids is 1. The number of hydrogen-bond acceptors (Lipinski definition) is 7. The SMILES string of the molecule is Cc1cncc(C(=O)NC23CC4CC(C2)CC(c2nnc(-c5ccncc5)o2)(C4)C3)n1. The highest BCUT2D eigenvalue weighted by atomic mass is 16.4. The number of aryl methyl sites for hydroxylation is 1. The van der Waals surface area contributed by atoms with Gasteiger partial charge in [-0.25, -0.2) is 4.98 Å². The van der Waals surface area contributed by atoms with E-state index in [0.29, 0.717) is 29.3 Å². The zero-order valence-electron chi connectivity index (χ0n) is 17.4. The number of nitrogens with zero attached hydrogens (tertiary/aromatic N) is 5. The summed E-state index contributed by atoms with van der Waals surface area (Å²) in [6, 6.07) is 3.75. The Kier molecular flexibility index (Phi) is 4.00. The minimum absolute atomic E-state index is 0.142. The van der Waals surface area contributed by atoms with Crippen molar-refractivity contribution in [3.8, 4) is 11.5 Å². The predicted molar refractivity (Wildman–Crippen MR) is 111 cm³/mol. The van der Waals surface area contributed by atoms with E-state index in [4.69, 9.17) is 4.42 Å². The van der Waals surface area contributed by atoms with Gasteiger partial charge in [0.2, 0.25) is 11.8 Å². The van der Waals surface area contributed by atoms with E-state index in [9.17, 15) is 4.79 Å². The Morgan fingerprint density at radius 3 is 2.58 bits per heavy atom. The van der Waals surface area contributed by atoms with Crippen molar-refractivity contribution in [3.63, 3.8) is 0 Å². The molecule has 3 aromatic rings. The molecule has 158 valence electrons. The smallest absolute Gasteiger partial charge is 0.271 e. The van der Waals surface area contributed by atoms with Crippen molar-refractivity contribution in [1.82, 2.24) is 30.5 Å². The molecule has 0 saturated heterocycles. The highest BCUT2D eigenvalue weighted by Gasteiger charge is 2.60. The highest BCUT2D eigenvalue weighted by Crippen LogP contribution is 2.62. The van der Waals surface area contributed by atoms with Crippen molar-refractivity contribution in [2.45, 2.75) is 56.4 Å². The lowest BCUT2D eigenvalue weighted by Crippen LogP contribution is -2.64. The van der Waals surface area contributed by atoms with Gasteiger partial charge in [-0.1, -0.05) is 0 Å². The van der Waals surface area contributed by atoms with Crippen molar-refractivity contribution in [3.05, 3.63) is 54.2 Å². The summed E-state index contributed by atoms with van der Waals surface area (Å²) in [6.07, 6.45) is 12.8. The molecular formula is C23H24N6O2. The van der Waals surface area contributed by atoms with Crippen LogP contribution in [0, 0.1) is 18.8 Å². The van der Waals surface area contributed by atoms with Crippen LogP contribution in [0.25, 0.3) is 11.5 Å². The second-order valence-corrected chi connectivity index (χ2v) is 9.67. The summed E-state index contributed by atoms with van der Waals surface area (Å²) in [5.74, 6) is 2.21. The first-order chi connectivity index (χ1) is 15.0. The van der Waals surface area contributed by atoms with Crippen LogP contribution in [0.2, 0.25) is 0 Å². The topological polar surface area (TPSA) is 107 Å². The van der Waals surface area contributed by atoms with E-state index in [0.717, 1.165) is 43.4 Å². The number of nitrogens with one attached hydrogen (secondary N) is 1. The Hall–Kier alpha value is -3.16. The van der Waals surface area contributed by atoms with Crippen molar-refractivity contribution in [2.75, 3.05) is 0 Å². The number of carbonyl (C=O) groups is 1. The molecule has 7 rings (SSSR count). The van der Waals surface area contributed by atoms with Crippen LogP contribution in [-0.4, -0.2) is 36.6 Å². The number of aromatic nitrogens is 5. The van der Waals surface area contributed by atoms with Gasteiger partial charge in [-0.3, -0.25) is 14.8 Å². The lowest BCUT2D eigenvalue weighted by atomic mass is 9.46. The average Bonchev–Trinajstić information content (AvgIpc) is 3.24. The Morgan fingerprint density at radius 1 is 1.06 bits per heavy atom. The minimum Gasteiger partial charge on any atom is -0.420 e. The number of amides is 1. The quantitative estimate of drug-likeness (QED) is 0.696. The molecule has 0 aliphatic heterocycles. The van der Waals surface area contributed by atoms with Crippen LogP contribution >= 0.6 is 0 Å². The normalized spacial score (nSPS) is 31.0. The van der Waals surface area contributed by atoms with E-state index < -0.39 is 0 Å². The molecule has 2 atom stereocenters. The molecule has 4 saturated carbocycles. The fraction of sp³-hybridized carbons (Fsp3) is 0.478. The van der Waals surface area contributed by atoms with Crippen molar-refractivity contribution in [1.29, 1.82) is 0 Å². The number of pyridine rings is 1. The van der Waals surface area contributed by atoms with Gasteiger partial charge in [0.05, 0.1) is 17.3 Å². The maximum atomic E-state index is 13.0. The second kappa shape index (κ2) is 6.67. The Bertz CT molecular complexity index is 1130. The van der Waals surface area contributed by atoms with Crippen LogP contribution in [0.3, 0.4) is 0 Å². The summed E-state index contributed by atoms with van der Waals surface area (Å²) >= 11 is 0. The first kappa shape index (κ1) is 18.6. The van der Waals surface area contributed by atoms with Gasteiger partial charge >= 0.3 is 0 Å². The first-order valence-corrected chi connectivity index (χ1v) is 10.9. The summed E-state index contributed by atoms with van der Waals surface area (Å²) < 4.78 is 6.22. The molecule has 1 amide bonds. The Labute approximate surface area is 179 Å². The minimum atomic E-state index is -0.252. The molecule has 8 nitrogen and oxygen atoms in total. The molecule has 3 aromatic heterocycles. The molecule has 2 unspecified atom stereocenters. The first-order valence-electron chi connectivity index (χ1n) is 10.9. The maximum absolute atomic E-state index is 13.0. The summed E-state index contributed by atoms with van der Waals surface area (Å²) in [7, 11) is 0. The average molecular weight is 416 g/mol. The fourth-order valence-corrected chi connectivity index (χ4v) is 6.59. The van der Waals surface area contributed by atoms with Gasteiger partial charge in [0.25, 0.3) is 5.91 Å². The third-order valence-electron chi connectivity index (χ3n) is 7.23. The largest absolute Gasteiger partial charge is 0.420 e. The maximum Gasteiger partial charge on any atom is 0.271 e. The van der Waals surface area contributed by atoms with E-state index in [-0.39, 0.29) is 16.9 Å². The predicted octanol–water partition coefficient (Wildman–Crippen LogP) is 3.25. The molecular weight excluding hydrogens is 392 g/mol. The van der Waals surface area contributed by atoms with Crippen LogP contribution in [-0.2, 0) is 5.41 Å². The zero-order valence-corrected chi connectivity index (χ0v) is 17.4.